The zero-order chi connectivity index (χ0) is 18.0. The second kappa shape index (κ2) is 6.76. The number of furan rings is 1. The summed E-state index contributed by atoms with van der Waals surface area (Å²) in [5.74, 6) is -0.657. The maximum Gasteiger partial charge on any atom is 0.417 e. The van der Waals surface area contributed by atoms with Crippen LogP contribution in [0.2, 0.25) is 0 Å². The molecule has 0 spiro atoms. The highest BCUT2D eigenvalue weighted by atomic mass is 79.9. The van der Waals surface area contributed by atoms with Crippen LogP contribution in [0.25, 0.3) is 11.3 Å². The second-order valence-corrected chi connectivity index (χ2v) is 6.00. The van der Waals surface area contributed by atoms with E-state index in [1.165, 1.54) is 30.3 Å². The molecule has 0 saturated carbocycles. The van der Waals surface area contributed by atoms with E-state index >= 15 is 0 Å². The zero-order valence-electron chi connectivity index (χ0n) is 12.6. The van der Waals surface area contributed by atoms with Gasteiger partial charge >= 0.3 is 6.18 Å². The Kier molecular flexibility index (Phi) is 4.67. The Morgan fingerprint density at radius 1 is 0.960 bits per heavy atom. The summed E-state index contributed by atoms with van der Waals surface area (Å²) in [6.45, 7) is 0. The summed E-state index contributed by atoms with van der Waals surface area (Å²) in [6.07, 6.45) is -4.51. The lowest BCUT2D eigenvalue weighted by atomic mass is 10.1. The zero-order valence-corrected chi connectivity index (χ0v) is 14.2. The second-order valence-electron chi connectivity index (χ2n) is 5.14. The lowest BCUT2D eigenvalue weighted by molar-refractivity contribution is -0.137. The average molecular weight is 410 g/mol. The largest absolute Gasteiger partial charge is 0.451 e. The molecule has 0 aliphatic heterocycles. The van der Waals surface area contributed by atoms with Crippen molar-refractivity contribution >= 4 is 27.5 Å². The van der Waals surface area contributed by atoms with Crippen LogP contribution in [0.4, 0.5) is 18.9 Å². The van der Waals surface area contributed by atoms with Crippen LogP contribution in [0.15, 0.2) is 69.6 Å². The van der Waals surface area contributed by atoms with Crippen molar-refractivity contribution in [3.05, 3.63) is 76.5 Å². The van der Waals surface area contributed by atoms with Crippen LogP contribution in [-0.2, 0) is 6.18 Å². The molecule has 7 heteroatoms. The van der Waals surface area contributed by atoms with E-state index in [-0.39, 0.29) is 17.1 Å². The number of nitrogens with one attached hydrogen (secondary N) is 1. The number of carbonyl (C=O) groups is 1. The van der Waals surface area contributed by atoms with Crippen molar-refractivity contribution in [1.29, 1.82) is 0 Å². The number of alkyl halides is 3. The molecule has 1 amide bonds. The molecule has 128 valence electrons. The maximum atomic E-state index is 13.1. The van der Waals surface area contributed by atoms with E-state index in [1.54, 1.807) is 24.3 Å². The molecule has 0 aliphatic rings. The molecule has 1 aromatic heterocycles. The van der Waals surface area contributed by atoms with Crippen molar-refractivity contribution in [2.75, 3.05) is 5.32 Å². The number of hydrogen-bond donors (Lipinski definition) is 1. The molecule has 0 saturated heterocycles. The first-order valence-corrected chi connectivity index (χ1v) is 7.98. The fourth-order valence-corrected chi connectivity index (χ4v) is 2.68. The number of rotatable bonds is 3. The number of hydrogen-bond acceptors (Lipinski definition) is 2. The van der Waals surface area contributed by atoms with Gasteiger partial charge in [0, 0.05) is 10.0 Å². The van der Waals surface area contributed by atoms with Crippen molar-refractivity contribution in [2.24, 2.45) is 0 Å². The first-order valence-electron chi connectivity index (χ1n) is 7.18. The topological polar surface area (TPSA) is 42.2 Å². The first kappa shape index (κ1) is 17.3. The molecule has 0 unspecified atom stereocenters. The maximum absolute atomic E-state index is 13.1. The highest BCUT2D eigenvalue weighted by Crippen LogP contribution is 2.37. The number of halogens is 4. The lowest BCUT2D eigenvalue weighted by Gasteiger charge is -2.10. The molecule has 2 aromatic carbocycles. The monoisotopic (exact) mass is 409 g/mol. The fourth-order valence-electron chi connectivity index (χ4n) is 2.30. The van der Waals surface area contributed by atoms with Crippen LogP contribution in [0.3, 0.4) is 0 Å². The number of benzene rings is 2. The molecule has 0 radical (unpaired) electrons. The molecule has 0 atom stereocenters. The van der Waals surface area contributed by atoms with E-state index in [9.17, 15) is 18.0 Å². The highest BCUT2D eigenvalue weighted by molar-refractivity contribution is 9.10. The van der Waals surface area contributed by atoms with Gasteiger partial charge in [-0.05, 0) is 46.3 Å². The van der Waals surface area contributed by atoms with Gasteiger partial charge in [-0.3, -0.25) is 4.79 Å². The average Bonchev–Trinajstić information content (AvgIpc) is 3.06. The van der Waals surface area contributed by atoms with Crippen LogP contribution in [0, 0.1) is 0 Å². The van der Waals surface area contributed by atoms with Gasteiger partial charge in [0.25, 0.3) is 5.91 Å². The highest BCUT2D eigenvalue weighted by Gasteiger charge is 2.34. The minimum atomic E-state index is -4.51. The van der Waals surface area contributed by atoms with Gasteiger partial charge in [-0.25, -0.2) is 0 Å². The summed E-state index contributed by atoms with van der Waals surface area (Å²) in [5.41, 5.74) is -0.404. The van der Waals surface area contributed by atoms with E-state index in [0.717, 1.165) is 6.07 Å². The molecule has 25 heavy (non-hydrogen) atoms. The molecular weight excluding hydrogens is 399 g/mol. The Morgan fingerprint density at radius 2 is 1.64 bits per heavy atom. The van der Waals surface area contributed by atoms with Gasteiger partial charge in [0.1, 0.15) is 5.76 Å². The van der Waals surface area contributed by atoms with E-state index in [0.29, 0.717) is 10.2 Å². The molecule has 3 nitrogen and oxygen atoms in total. The smallest absolute Gasteiger partial charge is 0.417 e. The Hall–Kier alpha value is -2.54. The summed E-state index contributed by atoms with van der Waals surface area (Å²) in [5, 5.41) is 2.63. The molecule has 3 rings (SSSR count). The lowest BCUT2D eigenvalue weighted by Crippen LogP contribution is -2.11. The van der Waals surface area contributed by atoms with Gasteiger partial charge < -0.3 is 9.73 Å². The van der Waals surface area contributed by atoms with Gasteiger partial charge in [0.15, 0.2) is 5.76 Å². The Morgan fingerprint density at radius 3 is 2.36 bits per heavy atom. The van der Waals surface area contributed by atoms with Crippen molar-refractivity contribution in [1.82, 2.24) is 0 Å². The standard InChI is InChI=1S/C18H11BrF3NO2/c19-13-7-3-4-8-14(13)23-17(24)16-10-9-15(25-16)11-5-1-2-6-12(11)18(20,21)22/h1-10H,(H,23,24). The number of anilines is 1. The third kappa shape index (κ3) is 3.76. The molecule has 0 aliphatic carbocycles. The molecular formula is C18H11BrF3NO2. The van der Waals surface area contributed by atoms with Gasteiger partial charge in [0.05, 0.1) is 11.3 Å². The van der Waals surface area contributed by atoms with Crippen LogP contribution in [0.1, 0.15) is 16.1 Å². The number of para-hydroxylation sites is 1. The van der Waals surface area contributed by atoms with Crippen LogP contribution < -0.4 is 5.32 Å². The quantitative estimate of drug-likeness (QED) is 0.577. The summed E-state index contributed by atoms with van der Waals surface area (Å²) >= 11 is 3.30. The normalized spacial score (nSPS) is 11.4. The van der Waals surface area contributed by atoms with E-state index in [2.05, 4.69) is 21.2 Å². The molecule has 3 aromatic rings. The third-order valence-corrected chi connectivity index (χ3v) is 4.14. The fraction of sp³-hybridized carbons (Fsp3) is 0.0556. The summed E-state index contributed by atoms with van der Waals surface area (Å²) in [4.78, 5) is 12.2. The Labute approximate surface area is 149 Å². The SMILES string of the molecule is O=C(Nc1ccccc1Br)c1ccc(-c2ccccc2C(F)(F)F)o1. The van der Waals surface area contributed by atoms with Crippen molar-refractivity contribution in [3.8, 4) is 11.3 Å². The molecule has 1 N–H and O–H groups in total. The summed E-state index contributed by atoms with van der Waals surface area (Å²) in [6, 6.07) is 14.7. The molecule has 0 bridgehead atoms. The molecule has 0 fully saturated rings. The van der Waals surface area contributed by atoms with E-state index in [1.807, 2.05) is 0 Å². The van der Waals surface area contributed by atoms with Crippen LogP contribution >= 0.6 is 15.9 Å². The van der Waals surface area contributed by atoms with Crippen LogP contribution in [-0.4, -0.2) is 5.91 Å². The van der Waals surface area contributed by atoms with Crippen molar-refractivity contribution in [3.63, 3.8) is 0 Å². The van der Waals surface area contributed by atoms with Crippen molar-refractivity contribution < 1.29 is 22.4 Å². The Balaban J connectivity index is 1.89. The van der Waals surface area contributed by atoms with Gasteiger partial charge in [0.2, 0.25) is 0 Å². The minimum Gasteiger partial charge on any atom is -0.451 e. The Bertz CT molecular complexity index is 918. The molecule has 1 heterocycles. The minimum absolute atomic E-state index is 0.0230. The first-order chi connectivity index (χ1) is 11.9. The van der Waals surface area contributed by atoms with Gasteiger partial charge in [-0.15, -0.1) is 0 Å². The summed E-state index contributed by atoms with van der Waals surface area (Å²) < 4.78 is 45.3. The predicted octanol–water partition coefficient (Wildman–Crippen LogP) is 5.98. The third-order valence-electron chi connectivity index (χ3n) is 3.45. The van der Waals surface area contributed by atoms with Crippen LogP contribution in [0.5, 0.6) is 0 Å². The van der Waals surface area contributed by atoms with E-state index < -0.39 is 17.6 Å². The number of carbonyl (C=O) groups excluding carboxylic acids is 1. The van der Waals surface area contributed by atoms with Gasteiger partial charge in [-0.2, -0.15) is 13.2 Å². The van der Waals surface area contributed by atoms with Crippen molar-refractivity contribution in [2.45, 2.75) is 6.18 Å². The van der Waals surface area contributed by atoms with Gasteiger partial charge in [-0.1, -0.05) is 30.3 Å². The predicted molar refractivity (Wildman–Crippen MR) is 91.2 cm³/mol. The number of amides is 1. The summed E-state index contributed by atoms with van der Waals surface area (Å²) in [7, 11) is 0. The van der Waals surface area contributed by atoms with E-state index in [4.69, 9.17) is 4.42 Å².